The monoisotopic (exact) mass is 344 g/mol. The summed E-state index contributed by atoms with van der Waals surface area (Å²) in [5.74, 6) is 0. The zero-order chi connectivity index (χ0) is 17.7. The molecule has 0 saturated carbocycles. The highest BCUT2D eigenvalue weighted by Crippen LogP contribution is 2.38. The van der Waals surface area contributed by atoms with Crippen molar-refractivity contribution >= 4 is 21.5 Å². The van der Waals surface area contributed by atoms with Crippen LogP contribution < -0.4 is 0 Å². The topological polar surface area (TPSA) is 20.2 Å². The number of aliphatic hydroxyl groups is 1. The predicted octanol–water partition coefficient (Wildman–Crippen LogP) is 5.52. The Morgan fingerprint density at radius 3 is 1.75 bits per heavy atom. The van der Waals surface area contributed by atoms with E-state index in [0.29, 0.717) is 10.9 Å². The Balaban J connectivity index is 2.43. The lowest BCUT2D eigenvalue weighted by Crippen LogP contribution is -2.06. The van der Waals surface area contributed by atoms with E-state index in [2.05, 4.69) is 0 Å². The maximum atomic E-state index is 12.9. The number of alkyl halides is 6. The normalized spacial score (nSPS) is 13.0. The fourth-order valence-corrected chi connectivity index (χ4v) is 2.71. The molecule has 1 N–H and O–H groups in total. The molecule has 0 aliphatic heterocycles. The molecule has 0 atom stereocenters. The largest absolute Gasteiger partial charge is 0.416 e. The summed E-state index contributed by atoms with van der Waals surface area (Å²) in [6, 6.07) is 7.20. The summed E-state index contributed by atoms with van der Waals surface area (Å²) in [4.78, 5) is 0. The van der Waals surface area contributed by atoms with Crippen molar-refractivity contribution in [2.24, 2.45) is 0 Å². The summed E-state index contributed by atoms with van der Waals surface area (Å²) >= 11 is 0. The zero-order valence-corrected chi connectivity index (χ0v) is 12.0. The average molecular weight is 344 g/mol. The third kappa shape index (κ3) is 2.80. The van der Waals surface area contributed by atoms with Crippen molar-refractivity contribution < 1.29 is 31.4 Å². The molecule has 7 heteroatoms. The molecular weight excluding hydrogens is 334 g/mol. The van der Waals surface area contributed by atoms with Gasteiger partial charge in [-0.05, 0) is 57.4 Å². The Morgan fingerprint density at radius 2 is 1.21 bits per heavy atom. The summed E-state index contributed by atoms with van der Waals surface area (Å²) in [6.07, 6.45) is -9.21. The molecule has 0 aromatic heterocycles. The van der Waals surface area contributed by atoms with Crippen molar-refractivity contribution in [3.8, 4) is 0 Å². The molecule has 1 nitrogen and oxygen atoms in total. The fraction of sp³-hybridized carbons (Fsp3) is 0.176. The molecular formula is C17H10F6O. The molecule has 24 heavy (non-hydrogen) atoms. The smallest absolute Gasteiger partial charge is 0.392 e. The quantitative estimate of drug-likeness (QED) is 0.455. The molecule has 3 aromatic carbocycles. The van der Waals surface area contributed by atoms with Crippen LogP contribution in [0.1, 0.15) is 16.7 Å². The summed E-state index contributed by atoms with van der Waals surface area (Å²) in [5, 5.41) is 10.1. The molecule has 126 valence electrons. The van der Waals surface area contributed by atoms with E-state index in [0.717, 1.165) is 24.3 Å². The number of hydrogen-bond donors (Lipinski definition) is 1. The minimum absolute atomic E-state index is 0.0254. The van der Waals surface area contributed by atoms with Crippen molar-refractivity contribution in [1.82, 2.24) is 0 Å². The van der Waals surface area contributed by atoms with E-state index >= 15 is 0 Å². The molecule has 0 heterocycles. The zero-order valence-electron chi connectivity index (χ0n) is 12.0. The molecule has 0 radical (unpaired) electrons. The van der Waals surface area contributed by atoms with E-state index in [9.17, 15) is 31.4 Å². The van der Waals surface area contributed by atoms with Gasteiger partial charge in [-0.25, -0.2) is 0 Å². The molecule has 0 spiro atoms. The first kappa shape index (κ1) is 16.6. The van der Waals surface area contributed by atoms with Gasteiger partial charge in [0, 0.05) is 0 Å². The Labute approximate surface area is 132 Å². The van der Waals surface area contributed by atoms with Crippen molar-refractivity contribution in [3.63, 3.8) is 0 Å². The van der Waals surface area contributed by atoms with Gasteiger partial charge in [0.25, 0.3) is 0 Å². The molecule has 0 saturated heterocycles. The molecule has 0 unspecified atom stereocenters. The lowest BCUT2D eigenvalue weighted by molar-refractivity contribution is -0.138. The third-order valence-electron chi connectivity index (χ3n) is 3.86. The first-order valence-corrected chi connectivity index (χ1v) is 6.86. The Hall–Kier alpha value is -2.28. The highest BCUT2D eigenvalue weighted by Gasteiger charge is 2.32. The standard InChI is InChI=1S/C17H10F6O/c18-16(19,20)11-2-1-9-5-10(8-24)13-4-3-12(17(21,22)23)7-15(13)14(9)6-11/h1-7,24H,8H2. The van der Waals surface area contributed by atoms with Crippen LogP contribution in [-0.2, 0) is 19.0 Å². The van der Waals surface area contributed by atoms with Gasteiger partial charge in [0.1, 0.15) is 0 Å². The predicted molar refractivity (Wildman–Crippen MR) is 77.4 cm³/mol. The number of aliphatic hydroxyl groups excluding tert-OH is 1. The van der Waals surface area contributed by atoms with Gasteiger partial charge in [-0.15, -0.1) is 0 Å². The van der Waals surface area contributed by atoms with Crippen molar-refractivity contribution in [1.29, 1.82) is 0 Å². The van der Waals surface area contributed by atoms with Crippen LogP contribution in [0.2, 0.25) is 0 Å². The first-order chi connectivity index (χ1) is 11.1. The van der Waals surface area contributed by atoms with Crippen LogP contribution >= 0.6 is 0 Å². The molecule has 0 aliphatic rings. The van der Waals surface area contributed by atoms with Gasteiger partial charge in [0.2, 0.25) is 0 Å². The summed E-state index contributed by atoms with van der Waals surface area (Å²) in [6.45, 7) is -0.432. The van der Waals surface area contributed by atoms with Gasteiger partial charge in [-0.1, -0.05) is 12.1 Å². The van der Waals surface area contributed by atoms with E-state index in [4.69, 9.17) is 0 Å². The first-order valence-electron chi connectivity index (χ1n) is 6.86. The van der Waals surface area contributed by atoms with E-state index in [1.807, 2.05) is 0 Å². The summed E-state index contributed by atoms with van der Waals surface area (Å²) < 4.78 is 77.5. The maximum absolute atomic E-state index is 12.9. The molecule has 3 aromatic rings. The van der Waals surface area contributed by atoms with E-state index in [-0.39, 0.29) is 16.2 Å². The maximum Gasteiger partial charge on any atom is 0.416 e. The summed E-state index contributed by atoms with van der Waals surface area (Å²) in [5.41, 5.74) is -1.54. The SMILES string of the molecule is OCc1cc2ccc(C(F)(F)F)cc2c2cc(C(F)(F)F)ccc12. The van der Waals surface area contributed by atoms with E-state index in [1.54, 1.807) is 0 Å². The average Bonchev–Trinajstić information content (AvgIpc) is 2.51. The van der Waals surface area contributed by atoms with Gasteiger partial charge in [-0.3, -0.25) is 0 Å². The second kappa shape index (κ2) is 5.37. The van der Waals surface area contributed by atoms with Gasteiger partial charge >= 0.3 is 12.4 Å². The van der Waals surface area contributed by atoms with Crippen LogP contribution in [0.25, 0.3) is 21.5 Å². The van der Waals surface area contributed by atoms with E-state index < -0.39 is 30.1 Å². The van der Waals surface area contributed by atoms with Gasteiger partial charge in [0.15, 0.2) is 0 Å². The number of halogens is 6. The minimum atomic E-state index is -4.61. The molecule has 0 amide bonds. The second-order valence-electron chi connectivity index (χ2n) is 5.39. The second-order valence-corrected chi connectivity index (χ2v) is 5.39. The van der Waals surface area contributed by atoms with Crippen molar-refractivity contribution in [2.45, 2.75) is 19.0 Å². The Morgan fingerprint density at radius 1 is 0.667 bits per heavy atom. The van der Waals surface area contributed by atoms with Crippen molar-refractivity contribution in [3.05, 3.63) is 59.2 Å². The number of rotatable bonds is 1. The van der Waals surface area contributed by atoms with Gasteiger partial charge < -0.3 is 5.11 Å². The van der Waals surface area contributed by atoms with Crippen molar-refractivity contribution in [2.75, 3.05) is 0 Å². The summed E-state index contributed by atoms with van der Waals surface area (Å²) in [7, 11) is 0. The lowest BCUT2D eigenvalue weighted by atomic mass is 9.94. The van der Waals surface area contributed by atoms with E-state index in [1.165, 1.54) is 18.2 Å². The van der Waals surface area contributed by atoms with Crippen LogP contribution in [0, 0.1) is 0 Å². The lowest BCUT2D eigenvalue weighted by Gasteiger charge is -2.14. The number of fused-ring (bicyclic) bond motifs is 3. The van der Waals surface area contributed by atoms with Crippen LogP contribution in [0.3, 0.4) is 0 Å². The Kier molecular flexibility index (Phi) is 3.71. The highest BCUT2D eigenvalue weighted by molar-refractivity contribution is 6.09. The Bertz CT molecular complexity index is 924. The van der Waals surface area contributed by atoms with Crippen LogP contribution in [0.4, 0.5) is 26.3 Å². The molecule has 0 aliphatic carbocycles. The van der Waals surface area contributed by atoms with Crippen LogP contribution in [0.5, 0.6) is 0 Å². The van der Waals surface area contributed by atoms with Crippen LogP contribution in [-0.4, -0.2) is 5.11 Å². The van der Waals surface area contributed by atoms with Crippen LogP contribution in [0.15, 0.2) is 42.5 Å². The molecule has 0 bridgehead atoms. The third-order valence-corrected chi connectivity index (χ3v) is 3.86. The number of benzene rings is 3. The van der Waals surface area contributed by atoms with Gasteiger partial charge in [0.05, 0.1) is 17.7 Å². The molecule has 3 rings (SSSR count). The minimum Gasteiger partial charge on any atom is -0.392 e. The molecule has 0 fully saturated rings. The highest BCUT2D eigenvalue weighted by atomic mass is 19.4. The van der Waals surface area contributed by atoms with Gasteiger partial charge in [-0.2, -0.15) is 26.3 Å². The fourth-order valence-electron chi connectivity index (χ4n) is 2.71. The number of hydrogen-bond acceptors (Lipinski definition) is 1.